The predicted molar refractivity (Wildman–Crippen MR) is 71.0 cm³/mol. The lowest BCUT2D eigenvalue weighted by molar-refractivity contribution is 0.280. The summed E-state index contributed by atoms with van der Waals surface area (Å²) in [7, 11) is 0. The Morgan fingerprint density at radius 1 is 1.28 bits per heavy atom. The second kappa shape index (κ2) is 5.04. The number of hydrogen-bond donors (Lipinski definition) is 1. The van der Waals surface area contributed by atoms with Crippen molar-refractivity contribution in [3.8, 4) is 10.9 Å². The Balaban J connectivity index is 2.19. The van der Waals surface area contributed by atoms with Crippen LogP contribution in [0.5, 0.6) is 10.9 Å². The summed E-state index contributed by atoms with van der Waals surface area (Å²) < 4.78 is 5.63. The van der Waals surface area contributed by atoms with Crippen molar-refractivity contribution in [3.05, 3.63) is 34.8 Å². The summed E-state index contributed by atoms with van der Waals surface area (Å²) in [5.41, 5.74) is 1.28. The molecule has 0 aliphatic carbocycles. The standard InChI is InChI=1S/C13H16N2O2S/c1-13(2,3)9-5-4-6-10(7-9)17-12-15-14-11(8-16)18-12/h4-7,16H,8H2,1-3H3. The van der Waals surface area contributed by atoms with Crippen molar-refractivity contribution >= 4 is 11.3 Å². The molecule has 18 heavy (non-hydrogen) atoms. The molecule has 0 unspecified atom stereocenters. The highest BCUT2D eigenvalue weighted by molar-refractivity contribution is 7.13. The van der Waals surface area contributed by atoms with Crippen LogP contribution in [0.15, 0.2) is 24.3 Å². The second-order valence-corrected chi connectivity index (χ2v) is 6.02. The lowest BCUT2D eigenvalue weighted by atomic mass is 9.87. The first-order chi connectivity index (χ1) is 8.49. The average Bonchev–Trinajstić information content (AvgIpc) is 2.76. The van der Waals surface area contributed by atoms with Crippen LogP contribution in [-0.4, -0.2) is 15.3 Å². The minimum Gasteiger partial charge on any atom is -0.430 e. The number of nitrogens with zero attached hydrogens (tertiary/aromatic N) is 2. The third-order valence-electron chi connectivity index (χ3n) is 2.49. The van der Waals surface area contributed by atoms with Crippen LogP contribution < -0.4 is 4.74 Å². The summed E-state index contributed by atoms with van der Waals surface area (Å²) >= 11 is 1.25. The van der Waals surface area contributed by atoms with Gasteiger partial charge in [-0.3, -0.25) is 0 Å². The van der Waals surface area contributed by atoms with Gasteiger partial charge in [0.1, 0.15) is 10.8 Å². The fraction of sp³-hybridized carbons (Fsp3) is 0.385. The molecular weight excluding hydrogens is 248 g/mol. The van der Waals surface area contributed by atoms with Gasteiger partial charge in [0, 0.05) is 0 Å². The van der Waals surface area contributed by atoms with E-state index < -0.39 is 0 Å². The molecule has 4 nitrogen and oxygen atoms in total. The first-order valence-electron chi connectivity index (χ1n) is 5.70. The molecule has 0 bridgehead atoms. The van der Waals surface area contributed by atoms with Crippen molar-refractivity contribution in [2.45, 2.75) is 32.8 Å². The summed E-state index contributed by atoms with van der Waals surface area (Å²) in [4.78, 5) is 0. The lowest BCUT2D eigenvalue weighted by Gasteiger charge is -2.19. The number of ether oxygens (including phenoxy) is 1. The van der Waals surface area contributed by atoms with Gasteiger partial charge in [0.25, 0.3) is 5.19 Å². The van der Waals surface area contributed by atoms with Crippen molar-refractivity contribution in [3.63, 3.8) is 0 Å². The summed E-state index contributed by atoms with van der Waals surface area (Å²) in [6, 6.07) is 7.92. The zero-order valence-corrected chi connectivity index (χ0v) is 11.5. The molecule has 0 fully saturated rings. The molecule has 2 aromatic rings. The topological polar surface area (TPSA) is 55.2 Å². The van der Waals surface area contributed by atoms with E-state index in [1.54, 1.807) is 0 Å². The largest absolute Gasteiger partial charge is 0.430 e. The molecule has 96 valence electrons. The molecule has 0 aliphatic heterocycles. The summed E-state index contributed by atoms with van der Waals surface area (Å²) in [6.45, 7) is 6.35. The molecule has 0 saturated heterocycles. The maximum Gasteiger partial charge on any atom is 0.299 e. The molecule has 5 heteroatoms. The molecule has 0 atom stereocenters. The van der Waals surface area contributed by atoms with Gasteiger partial charge in [-0.2, -0.15) is 0 Å². The molecular formula is C13H16N2O2S. The highest BCUT2D eigenvalue weighted by Gasteiger charge is 2.14. The molecule has 0 spiro atoms. The highest BCUT2D eigenvalue weighted by Crippen LogP contribution is 2.29. The Kier molecular flexibility index (Phi) is 3.63. The molecule has 1 heterocycles. The lowest BCUT2D eigenvalue weighted by Crippen LogP contribution is -2.10. The van der Waals surface area contributed by atoms with Gasteiger partial charge >= 0.3 is 0 Å². The third-order valence-corrected chi connectivity index (χ3v) is 3.27. The van der Waals surface area contributed by atoms with Crippen molar-refractivity contribution in [1.82, 2.24) is 10.2 Å². The van der Waals surface area contributed by atoms with Crippen molar-refractivity contribution in [1.29, 1.82) is 0 Å². The highest BCUT2D eigenvalue weighted by atomic mass is 32.1. The van der Waals surface area contributed by atoms with Crippen LogP contribution in [0.1, 0.15) is 31.3 Å². The Morgan fingerprint density at radius 3 is 2.67 bits per heavy atom. The van der Waals surface area contributed by atoms with Gasteiger partial charge in [-0.1, -0.05) is 49.3 Å². The number of aliphatic hydroxyl groups is 1. The van der Waals surface area contributed by atoms with E-state index in [1.807, 2.05) is 18.2 Å². The number of benzene rings is 1. The SMILES string of the molecule is CC(C)(C)c1cccc(Oc2nnc(CO)s2)c1. The molecule has 0 aliphatic rings. The monoisotopic (exact) mass is 264 g/mol. The summed E-state index contributed by atoms with van der Waals surface area (Å²) in [5, 5.41) is 17.6. The van der Waals surface area contributed by atoms with Crippen molar-refractivity contribution in [2.75, 3.05) is 0 Å². The molecule has 0 saturated carbocycles. The van der Waals surface area contributed by atoms with Crippen LogP contribution in [0.3, 0.4) is 0 Å². The summed E-state index contributed by atoms with van der Waals surface area (Å²) in [6.07, 6.45) is 0. The molecule has 1 N–H and O–H groups in total. The maximum atomic E-state index is 8.92. The number of hydrogen-bond acceptors (Lipinski definition) is 5. The molecule has 1 aromatic carbocycles. The zero-order valence-electron chi connectivity index (χ0n) is 10.7. The van der Waals surface area contributed by atoms with E-state index in [9.17, 15) is 0 Å². The normalized spacial score (nSPS) is 11.6. The first kappa shape index (κ1) is 13.0. The quantitative estimate of drug-likeness (QED) is 0.925. The number of rotatable bonds is 3. The molecule has 0 amide bonds. The van der Waals surface area contributed by atoms with Crippen molar-refractivity contribution < 1.29 is 9.84 Å². The van der Waals surface area contributed by atoms with Crippen molar-refractivity contribution in [2.24, 2.45) is 0 Å². The Labute approximate surface area is 110 Å². The van der Waals surface area contributed by atoms with E-state index in [1.165, 1.54) is 16.9 Å². The van der Waals surface area contributed by atoms with Gasteiger partial charge in [-0.15, -0.1) is 5.10 Å². The van der Waals surface area contributed by atoms with Crippen LogP contribution in [0.4, 0.5) is 0 Å². The van der Waals surface area contributed by atoms with Gasteiger partial charge in [0.05, 0.1) is 6.61 Å². The number of aromatic nitrogens is 2. The van der Waals surface area contributed by atoms with E-state index in [0.29, 0.717) is 10.2 Å². The summed E-state index contributed by atoms with van der Waals surface area (Å²) in [5.74, 6) is 0.739. The van der Waals surface area contributed by atoms with Gasteiger partial charge in [0.2, 0.25) is 0 Å². The Hall–Kier alpha value is -1.46. The minimum atomic E-state index is -0.108. The molecule has 1 aromatic heterocycles. The molecule has 2 rings (SSSR count). The maximum absolute atomic E-state index is 8.92. The van der Waals surface area contributed by atoms with Crippen LogP contribution >= 0.6 is 11.3 Å². The smallest absolute Gasteiger partial charge is 0.299 e. The van der Waals surface area contributed by atoms with E-state index in [0.717, 1.165) is 5.75 Å². The molecule has 0 radical (unpaired) electrons. The fourth-order valence-corrected chi connectivity index (χ4v) is 2.04. The zero-order chi connectivity index (χ0) is 13.2. The van der Waals surface area contributed by atoms with Crippen LogP contribution in [0.25, 0.3) is 0 Å². The predicted octanol–water partition coefficient (Wildman–Crippen LogP) is 3.12. The fourth-order valence-electron chi connectivity index (χ4n) is 1.47. The van der Waals surface area contributed by atoms with Crippen LogP contribution in [0.2, 0.25) is 0 Å². The Bertz CT molecular complexity index is 532. The van der Waals surface area contributed by atoms with Crippen LogP contribution in [-0.2, 0) is 12.0 Å². The first-order valence-corrected chi connectivity index (χ1v) is 6.52. The van der Waals surface area contributed by atoms with E-state index in [4.69, 9.17) is 9.84 Å². The van der Waals surface area contributed by atoms with Gasteiger partial charge < -0.3 is 9.84 Å². The second-order valence-electron chi connectivity index (χ2n) is 5.00. The third kappa shape index (κ3) is 3.05. The Morgan fingerprint density at radius 2 is 2.06 bits per heavy atom. The van der Waals surface area contributed by atoms with Gasteiger partial charge in [-0.25, -0.2) is 0 Å². The van der Waals surface area contributed by atoms with E-state index in [-0.39, 0.29) is 12.0 Å². The van der Waals surface area contributed by atoms with Gasteiger partial charge in [0.15, 0.2) is 0 Å². The number of aliphatic hydroxyl groups excluding tert-OH is 1. The average molecular weight is 264 g/mol. The van der Waals surface area contributed by atoms with E-state index in [2.05, 4.69) is 37.0 Å². The van der Waals surface area contributed by atoms with Crippen LogP contribution in [0, 0.1) is 0 Å². The van der Waals surface area contributed by atoms with Gasteiger partial charge in [-0.05, 0) is 23.1 Å². The van der Waals surface area contributed by atoms with E-state index >= 15 is 0 Å². The minimum absolute atomic E-state index is 0.0801.